The first kappa shape index (κ1) is 14.3. The Morgan fingerprint density at radius 3 is 2.53 bits per heavy atom. The van der Waals surface area contributed by atoms with Crippen LogP contribution in [0, 0.1) is 0 Å². The second-order valence-electron chi connectivity index (χ2n) is 3.99. The fraction of sp³-hybridized carbons (Fsp3) is 0.900. The predicted molar refractivity (Wildman–Crippen MR) is 58.1 cm³/mol. The Labute approximate surface area is 91.3 Å². The van der Waals surface area contributed by atoms with Crippen LogP contribution < -0.4 is 11.3 Å². The van der Waals surface area contributed by atoms with E-state index in [9.17, 15) is 4.79 Å². The Bertz CT molecular complexity index is 195. The molecule has 3 N–H and O–H groups in total. The molecule has 0 saturated carbocycles. The zero-order valence-electron chi connectivity index (χ0n) is 10.0. The number of hydrogen-bond acceptors (Lipinski definition) is 4. The molecule has 0 rings (SSSR count). The lowest BCUT2D eigenvalue weighted by Gasteiger charge is -2.23. The molecule has 0 spiro atoms. The van der Waals surface area contributed by atoms with Crippen molar-refractivity contribution in [1.82, 2.24) is 5.43 Å². The molecule has 0 aliphatic rings. The van der Waals surface area contributed by atoms with Crippen molar-refractivity contribution in [2.24, 2.45) is 5.84 Å². The molecule has 0 aromatic carbocycles. The number of hydrogen-bond donors (Lipinski definition) is 2. The molecule has 15 heavy (non-hydrogen) atoms. The van der Waals surface area contributed by atoms with Gasteiger partial charge in [-0.15, -0.1) is 0 Å². The lowest BCUT2D eigenvalue weighted by Crippen LogP contribution is -2.40. The molecular formula is C10H22N2O3. The molecule has 5 nitrogen and oxygen atoms in total. The lowest BCUT2D eigenvalue weighted by molar-refractivity contribution is -0.134. The van der Waals surface area contributed by atoms with Gasteiger partial charge >= 0.3 is 0 Å². The Morgan fingerprint density at radius 1 is 1.53 bits per heavy atom. The summed E-state index contributed by atoms with van der Waals surface area (Å²) in [7, 11) is 1.66. The SMILES string of the molecule is CCC(OCCC(C)(C)OC)C(=O)NN. The summed E-state index contributed by atoms with van der Waals surface area (Å²) in [5.41, 5.74) is 1.86. The zero-order valence-corrected chi connectivity index (χ0v) is 10.0. The molecule has 5 heteroatoms. The highest BCUT2D eigenvalue weighted by molar-refractivity contribution is 5.79. The van der Waals surface area contributed by atoms with Gasteiger partial charge in [-0.2, -0.15) is 0 Å². The number of rotatable bonds is 7. The van der Waals surface area contributed by atoms with Crippen LogP contribution in [0.5, 0.6) is 0 Å². The maximum atomic E-state index is 11.2. The van der Waals surface area contributed by atoms with Gasteiger partial charge in [-0.1, -0.05) is 6.92 Å². The lowest BCUT2D eigenvalue weighted by atomic mass is 10.1. The van der Waals surface area contributed by atoms with Crippen molar-refractivity contribution >= 4 is 5.91 Å². The maximum Gasteiger partial charge on any atom is 0.262 e. The van der Waals surface area contributed by atoms with E-state index in [0.29, 0.717) is 13.0 Å². The number of amides is 1. The van der Waals surface area contributed by atoms with Gasteiger partial charge in [0.05, 0.1) is 12.2 Å². The fourth-order valence-corrected chi connectivity index (χ4v) is 1.02. The molecule has 90 valence electrons. The number of ether oxygens (including phenoxy) is 2. The second-order valence-corrected chi connectivity index (χ2v) is 3.99. The van der Waals surface area contributed by atoms with E-state index in [1.807, 2.05) is 20.8 Å². The normalized spacial score (nSPS) is 13.7. The minimum Gasteiger partial charge on any atom is -0.379 e. The zero-order chi connectivity index (χ0) is 11.9. The van der Waals surface area contributed by atoms with Crippen LogP contribution in [-0.2, 0) is 14.3 Å². The molecule has 1 amide bonds. The number of carbonyl (C=O) groups is 1. The van der Waals surface area contributed by atoms with E-state index in [1.54, 1.807) is 7.11 Å². The third-order valence-corrected chi connectivity index (χ3v) is 2.38. The maximum absolute atomic E-state index is 11.2. The van der Waals surface area contributed by atoms with Crippen molar-refractivity contribution < 1.29 is 14.3 Å². The highest BCUT2D eigenvalue weighted by atomic mass is 16.5. The number of hydrazine groups is 1. The summed E-state index contributed by atoms with van der Waals surface area (Å²) in [6.07, 6.45) is 0.872. The number of carbonyl (C=O) groups excluding carboxylic acids is 1. The first-order valence-electron chi connectivity index (χ1n) is 5.14. The Balaban J connectivity index is 3.87. The summed E-state index contributed by atoms with van der Waals surface area (Å²) < 4.78 is 10.6. The van der Waals surface area contributed by atoms with Crippen LogP contribution in [0.3, 0.4) is 0 Å². The quantitative estimate of drug-likeness (QED) is 0.372. The first-order valence-corrected chi connectivity index (χ1v) is 5.14. The Kier molecular flexibility index (Phi) is 6.47. The fourth-order valence-electron chi connectivity index (χ4n) is 1.02. The van der Waals surface area contributed by atoms with Crippen LogP contribution in [0.4, 0.5) is 0 Å². The third kappa shape index (κ3) is 5.71. The molecular weight excluding hydrogens is 196 g/mol. The topological polar surface area (TPSA) is 73.6 Å². The van der Waals surface area contributed by atoms with E-state index >= 15 is 0 Å². The first-order chi connectivity index (χ1) is 6.96. The summed E-state index contributed by atoms with van der Waals surface area (Å²) >= 11 is 0. The van der Waals surface area contributed by atoms with Crippen LogP contribution in [0.25, 0.3) is 0 Å². The summed E-state index contributed by atoms with van der Waals surface area (Å²) in [5.74, 6) is 4.74. The van der Waals surface area contributed by atoms with Crippen molar-refractivity contribution in [3.8, 4) is 0 Å². The molecule has 1 atom stereocenters. The van der Waals surface area contributed by atoms with Crippen molar-refractivity contribution in [2.45, 2.75) is 45.3 Å². The largest absolute Gasteiger partial charge is 0.379 e. The summed E-state index contributed by atoms with van der Waals surface area (Å²) in [6.45, 7) is 6.30. The highest BCUT2D eigenvalue weighted by Gasteiger charge is 2.19. The number of methoxy groups -OCH3 is 1. The van der Waals surface area contributed by atoms with Crippen molar-refractivity contribution in [3.05, 3.63) is 0 Å². The number of nitrogens with one attached hydrogen (secondary N) is 1. The average Bonchev–Trinajstić information content (AvgIpc) is 2.23. The molecule has 0 aliphatic heterocycles. The third-order valence-electron chi connectivity index (χ3n) is 2.38. The van der Waals surface area contributed by atoms with Gasteiger partial charge in [-0.25, -0.2) is 5.84 Å². The van der Waals surface area contributed by atoms with Gasteiger partial charge < -0.3 is 9.47 Å². The monoisotopic (exact) mass is 218 g/mol. The van der Waals surface area contributed by atoms with Gasteiger partial charge in [0.2, 0.25) is 0 Å². The minimum atomic E-state index is -0.470. The van der Waals surface area contributed by atoms with Gasteiger partial charge in [0.1, 0.15) is 6.10 Å². The van der Waals surface area contributed by atoms with Gasteiger partial charge in [0.15, 0.2) is 0 Å². The van der Waals surface area contributed by atoms with Crippen LogP contribution in [-0.4, -0.2) is 31.3 Å². The molecule has 0 aromatic rings. The second kappa shape index (κ2) is 6.76. The van der Waals surface area contributed by atoms with Crippen molar-refractivity contribution in [2.75, 3.05) is 13.7 Å². The smallest absolute Gasteiger partial charge is 0.262 e. The Hall–Kier alpha value is -0.650. The van der Waals surface area contributed by atoms with E-state index in [0.717, 1.165) is 6.42 Å². The van der Waals surface area contributed by atoms with Gasteiger partial charge in [-0.3, -0.25) is 10.2 Å². The molecule has 0 aromatic heterocycles. The molecule has 0 fully saturated rings. The van der Waals surface area contributed by atoms with Crippen LogP contribution in [0.1, 0.15) is 33.6 Å². The van der Waals surface area contributed by atoms with Crippen LogP contribution in [0.2, 0.25) is 0 Å². The van der Waals surface area contributed by atoms with Gasteiger partial charge in [-0.05, 0) is 26.7 Å². The highest BCUT2D eigenvalue weighted by Crippen LogP contribution is 2.13. The van der Waals surface area contributed by atoms with Gasteiger partial charge in [0.25, 0.3) is 5.91 Å². The Morgan fingerprint density at radius 2 is 2.13 bits per heavy atom. The predicted octanol–water partition coefficient (Wildman–Crippen LogP) is 0.587. The number of nitrogens with two attached hydrogens (primary N) is 1. The standard InChI is InChI=1S/C10H22N2O3/c1-5-8(9(13)12-11)15-7-6-10(2,3)14-4/h8H,5-7,11H2,1-4H3,(H,12,13). The summed E-state index contributed by atoms with van der Waals surface area (Å²) in [6, 6.07) is 0. The van der Waals surface area contributed by atoms with Crippen LogP contribution in [0.15, 0.2) is 0 Å². The molecule has 0 radical (unpaired) electrons. The average molecular weight is 218 g/mol. The molecule has 0 aliphatic carbocycles. The van der Waals surface area contributed by atoms with Crippen molar-refractivity contribution in [3.63, 3.8) is 0 Å². The van der Waals surface area contributed by atoms with E-state index in [2.05, 4.69) is 5.43 Å². The molecule has 0 saturated heterocycles. The minimum absolute atomic E-state index is 0.225. The van der Waals surface area contributed by atoms with E-state index in [-0.39, 0.29) is 11.5 Å². The molecule has 0 heterocycles. The summed E-state index contributed by atoms with van der Waals surface area (Å²) in [5, 5.41) is 0. The molecule has 1 unspecified atom stereocenters. The van der Waals surface area contributed by atoms with Crippen molar-refractivity contribution in [1.29, 1.82) is 0 Å². The van der Waals surface area contributed by atoms with E-state index in [1.165, 1.54) is 0 Å². The van der Waals surface area contributed by atoms with E-state index in [4.69, 9.17) is 15.3 Å². The van der Waals surface area contributed by atoms with Gasteiger partial charge in [0, 0.05) is 7.11 Å². The summed E-state index contributed by atoms with van der Waals surface area (Å²) in [4.78, 5) is 11.2. The molecule has 0 bridgehead atoms. The van der Waals surface area contributed by atoms with Crippen LogP contribution >= 0.6 is 0 Å². The van der Waals surface area contributed by atoms with E-state index < -0.39 is 6.10 Å².